The molecule has 0 aliphatic heterocycles. The summed E-state index contributed by atoms with van der Waals surface area (Å²) in [7, 11) is 0. The van der Waals surface area contributed by atoms with Gasteiger partial charge in [-0.1, -0.05) is 6.92 Å². The lowest BCUT2D eigenvalue weighted by Gasteiger charge is -2.55. The van der Waals surface area contributed by atoms with Crippen molar-refractivity contribution in [2.45, 2.75) is 70.9 Å². The molecule has 0 heterocycles. The zero-order valence-electron chi connectivity index (χ0n) is 14.3. The third-order valence-electron chi connectivity index (χ3n) is 8.44. The molecule has 2 nitrogen and oxygen atoms in total. The van der Waals surface area contributed by atoms with Crippen LogP contribution in [0.4, 0.5) is 4.39 Å². The Balaban J connectivity index is 1.55. The summed E-state index contributed by atoms with van der Waals surface area (Å²) < 4.78 is 13.8. The second-order valence-electron chi connectivity index (χ2n) is 9.14. The van der Waals surface area contributed by atoms with Crippen LogP contribution < -0.4 is 0 Å². The van der Waals surface area contributed by atoms with Crippen molar-refractivity contribution >= 4 is 5.78 Å². The van der Waals surface area contributed by atoms with Gasteiger partial charge in [-0.25, -0.2) is 4.39 Å². The monoisotopic (exact) mass is 322 g/mol. The predicted molar refractivity (Wildman–Crippen MR) is 87.6 cm³/mol. The number of rotatable bonds is 2. The maximum absolute atomic E-state index is 13.8. The number of hydrogen-bond donors (Lipinski definition) is 1. The molecule has 4 fully saturated rings. The van der Waals surface area contributed by atoms with Crippen LogP contribution in [-0.4, -0.2) is 23.7 Å². The standard InChI is InChI=1S/C20H31FO2/c1-20-9-8-15-14-5-3-13(21)10-12(14)2-4-16(15)17(20)6-7-18(20)19(23)11-22/h12-18,22H,2-11H2,1H3/t12?,13-,14?,15?,16?,17?,18?,20?/m0/s1. The molecule has 1 N–H and O–H groups in total. The minimum absolute atomic E-state index is 0.0695. The Morgan fingerprint density at radius 3 is 2.61 bits per heavy atom. The third kappa shape index (κ3) is 2.41. The van der Waals surface area contributed by atoms with E-state index in [1.807, 2.05) is 0 Å². The summed E-state index contributed by atoms with van der Waals surface area (Å²) in [5.41, 5.74) is 0.116. The fourth-order valence-corrected chi connectivity index (χ4v) is 7.44. The van der Waals surface area contributed by atoms with E-state index in [0.29, 0.717) is 11.8 Å². The maximum Gasteiger partial charge on any atom is 0.161 e. The lowest BCUT2D eigenvalue weighted by atomic mass is 9.49. The van der Waals surface area contributed by atoms with Crippen molar-refractivity contribution in [3.05, 3.63) is 0 Å². The van der Waals surface area contributed by atoms with Gasteiger partial charge in [-0.2, -0.15) is 0 Å². The second kappa shape index (κ2) is 5.82. The highest BCUT2D eigenvalue weighted by molar-refractivity contribution is 5.83. The summed E-state index contributed by atoms with van der Waals surface area (Å²) in [6.45, 7) is 2.04. The van der Waals surface area contributed by atoms with Crippen molar-refractivity contribution in [2.24, 2.45) is 40.9 Å². The summed E-state index contributed by atoms with van der Waals surface area (Å²) in [4.78, 5) is 12.2. The summed E-state index contributed by atoms with van der Waals surface area (Å²) in [5.74, 6) is 3.71. The molecular formula is C20H31FO2. The highest BCUT2D eigenvalue weighted by atomic mass is 19.1. The van der Waals surface area contributed by atoms with E-state index >= 15 is 0 Å². The number of carbonyl (C=O) groups is 1. The van der Waals surface area contributed by atoms with Gasteiger partial charge in [0.25, 0.3) is 0 Å². The molecule has 0 radical (unpaired) electrons. The van der Waals surface area contributed by atoms with E-state index < -0.39 is 6.17 Å². The van der Waals surface area contributed by atoms with Gasteiger partial charge in [-0.3, -0.25) is 4.79 Å². The van der Waals surface area contributed by atoms with E-state index in [1.54, 1.807) is 0 Å². The van der Waals surface area contributed by atoms with Crippen LogP contribution in [0.2, 0.25) is 0 Å². The molecule has 130 valence electrons. The zero-order chi connectivity index (χ0) is 16.2. The first-order chi connectivity index (χ1) is 11.0. The van der Waals surface area contributed by atoms with Gasteiger partial charge in [-0.05, 0) is 92.8 Å². The van der Waals surface area contributed by atoms with Crippen molar-refractivity contribution < 1.29 is 14.3 Å². The highest BCUT2D eigenvalue weighted by Gasteiger charge is 2.58. The molecule has 7 unspecified atom stereocenters. The van der Waals surface area contributed by atoms with Crippen LogP contribution in [0, 0.1) is 40.9 Å². The lowest BCUT2D eigenvalue weighted by Crippen LogP contribution is -2.49. The molecule has 0 aromatic carbocycles. The van der Waals surface area contributed by atoms with Crippen molar-refractivity contribution in [1.29, 1.82) is 0 Å². The first kappa shape index (κ1) is 16.1. The highest BCUT2D eigenvalue weighted by Crippen LogP contribution is 2.64. The third-order valence-corrected chi connectivity index (χ3v) is 8.44. The summed E-state index contributed by atoms with van der Waals surface area (Å²) in [5, 5.41) is 9.33. The van der Waals surface area contributed by atoms with E-state index in [2.05, 4.69) is 6.92 Å². The molecule has 3 heteroatoms. The van der Waals surface area contributed by atoms with Gasteiger partial charge < -0.3 is 5.11 Å². The number of carbonyl (C=O) groups excluding carboxylic acids is 1. The van der Waals surface area contributed by atoms with Gasteiger partial charge in [0.2, 0.25) is 0 Å². The minimum Gasteiger partial charge on any atom is -0.389 e. The lowest BCUT2D eigenvalue weighted by molar-refractivity contribution is -0.133. The van der Waals surface area contributed by atoms with Crippen LogP contribution in [0.25, 0.3) is 0 Å². The number of fused-ring (bicyclic) bond motifs is 5. The number of Topliss-reactive ketones (excluding diaryl/α,β-unsaturated/α-hetero) is 1. The Morgan fingerprint density at radius 1 is 1.04 bits per heavy atom. The van der Waals surface area contributed by atoms with E-state index in [1.165, 1.54) is 19.3 Å². The van der Waals surface area contributed by atoms with Crippen molar-refractivity contribution in [2.75, 3.05) is 6.61 Å². The number of aliphatic hydroxyl groups excluding tert-OH is 1. The Labute approximate surface area is 139 Å². The average molecular weight is 322 g/mol. The van der Waals surface area contributed by atoms with Gasteiger partial charge in [-0.15, -0.1) is 0 Å². The van der Waals surface area contributed by atoms with Crippen LogP contribution in [0.15, 0.2) is 0 Å². The first-order valence-electron chi connectivity index (χ1n) is 9.82. The van der Waals surface area contributed by atoms with E-state index in [4.69, 9.17) is 0 Å². The van der Waals surface area contributed by atoms with E-state index in [-0.39, 0.29) is 23.7 Å². The Bertz CT molecular complexity index is 478. The van der Waals surface area contributed by atoms with Gasteiger partial charge >= 0.3 is 0 Å². The first-order valence-corrected chi connectivity index (χ1v) is 9.82. The van der Waals surface area contributed by atoms with Gasteiger partial charge in [0.1, 0.15) is 12.8 Å². The normalized spacial score (nSPS) is 52.4. The number of halogens is 1. The summed E-state index contributed by atoms with van der Waals surface area (Å²) >= 11 is 0. The number of hydrogen-bond acceptors (Lipinski definition) is 2. The molecule has 8 atom stereocenters. The van der Waals surface area contributed by atoms with Gasteiger partial charge in [0.15, 0.2) is 5.78 Å². The molecule has 0 saturated heterocycles. The molecule has 0 aromatic rings. The molecule has 23 heavy (non-hydrogen) atoms. The van der Waals surface area contributed by atoms with Crippen molar-refractivity contribution in [1.82, 2.24) is 0 Å². The Morgan fingerprint density at radius 2 is 1.83 bits per heavy atom. The number of aliphatic hydroxyl groups is 1. The molecule has 0 amide bonds. The zero-order valence-corrected chi connectivity index (χ0v) is 14.3. The molecule has 0 aromatic heterocycles. The summed E-state index contributed by atoms with van der Waals surface area (Å²) in [6.07, 6.45) is 9.08. The number of ketones is 1. The number of alkyl halides is 1. The fourth-order valence-electron chi connectivity index (χ4n) is 7.44. The van der Waals surface area contributed by atoms with Crippen molar-refractivity contribution in [3.63, 3.8) is 0 Å². The molecule has 4 aliphatic carbocycles. The van der Waals surface area contributed by atoms with Crippen LogP contribution in [0.1, 0.15) is 64.7 Å². The quantitative estimate of drug-likeness (QED) is 0.829. The van der Waals surface area contributed by atoms with E-state index in [9.17, 15) is 14.3 Å². The smallest absolute Gasteiger partial charge is 0.161 e. The Kier molecular flexibility index (Phi) is 4.06. The molecule has 0 spiro atoms. The SMILES string of the molecule is CC12CCC3C4CC[C@H](F)CC4CCC3C1CCC2C(=O)CO. The molecule has 0 bridgehead atoms. The fraction of sp³-hybridized carbons (Fsp3) is 0.950. The molecule has 4 saturated carbocycles. The topological polar surface area (TPSA) is 37.3 Å². The van der Waals surface area contributed by atoms with Crippen molar-refractivity contribution in [3.8, 4) is 0 Å². The summed E-state index contributed by atoms with van der Waals surface area (Å²) in [6, 6.07) is 0. The molecule has 4 rings (SSSR count). The second-order valence-corrected chi connectivity index (χ2v) is 9.14. The van der Waals surface area contributed by atoms with Crippen LogP contribution in [0.5, 0.6) is 0 Å². The van der Waals surface area contributed by atoms with Crippen LogP contribution in [0.3, 0.4) is 0 Å². The largest absolute Gasteiger partial charge is 0.389 e. The van der Waals surface area contributed by atoms with Gasteiger partial charge in [0, 0.05) is 5.92 Å². The Hall–Kier alpha value is -0.440. The molecular weight excluding hydrogens is 291 g/mol. The molecule has 4 aliphatic rings. The van der Waals surface area contributed by atoms with Gasteiger partial charge in [0.05, 0.1) is 0 Å². The predicted octanol–water partition coefficient (Wildman–Crippen LogP) is 4.15. The van der Waals surface area contributed by atoms with Crippen LogP contribution >= 0.6 is 0 Å². The maximum atomic E-state index is 13.8. The van der Waals surface area contributed by atoms with Crippen LogP contribution in [-0.2, 0) is 4.79 Å². The van der Waals surface area contributed by atoms with E-state index in [0.717, 1.165) is 56.3 Å². The minimum atomic E-state index is -0.556. The average Bonchev–Trinajstić information content (AvgIpc) is 2.90.